The SMILES string of the molecule is CC(=O)C1CCCCN1Cc1ccccc1C#N. The molecule has 0 radical (unpaired) electrons. The minimum Gasteiger partial charge on any atom is -0.298 e. The van der Waals surface area contributed by atoms with Crippen LogP contribution in [0.3, 0.4) is 0 Å². The van der Waals surface area contributed by atoms with Crippen molar-refractivity contribution >= 4 is 5.78 Å². The van der Waals surface area contributed by atoms with E-state index in [-0.39, 0.29) is 11.8 Å². The Morgan fingerprint density at radius 1 is 1.44 bits per heavy atom. The summed E-state index contributed by atoms with van der Waals surface area (Å²) in [4.78, 5) is 13.9. The van der Waals surface area contributed by atoms with Crippen LogP contribution in [0, 0.1) is 11.3 Å². The third-order valence-corrected chi connectivity index (χ3v) is 3.59. The fourth-order valence-electron chi connectivity index (χ4n) is 2.63. The minimum atomic E-state index is 0.0329. The predicted molar refractivity (Wildman–Crippen MR) is 69.9 cm³/mol. The van der Waals surface area contributed by atoms with Crippen LogP contribution in [0.1, 0.15) is 37.3 Å². The van der Waals surface area contributed by atoms with Crippen LogP contribution in [0.2, 0.25) is 0 Å². The number of carbonyl (C=O) groups excluding carboxylic acids is 1. The lowest BCUT2D eigenvalue weighted by molar-refractivity contribution is -0.123. The zero-order valence-corrected chi connectivity index (χ0v) is 10.7. The highest BCUT2D eigenvalue weighted by Gasteiger charge is 2.26. The van der Waals surface area contributed by atoms with Crippen molar-refractivity contribution in [1.82, 2.24) is 4.90 Å². The number of benzene rings is 1. The number of nitriles is 1. The number of nitrogens with zero attached hydrogens (tertiary/aromatic N) is 2. The Labute approximate surface area is 108 Å². The van der Waals surface area contributed by atoms with Crippen molar-refractivity contribution in [2.45, 2.75) is 38.8 Å². The second-order valence-electron chi connectivity index (χ2n) is 4.86. The molecule has 1 fully saturated rings. The normalized spacial score (nSPS) is 20.3. The zero-order valence-electron chi connectivity index (χ0n) is 10.7. The Kier molecular flexibility index (Phi) is 4.11. The van der Waals surface area contributed by atoms with Gasteiger partial charge >= 0.3 is 0 Å². The van der Waals surface area contributed by atoms with Crippen molar-refractivity contribution in [2.75, 3.05) is 6.54 Å². The number of piperidine rings is 1. The molecule has 1 aliphatic heterocycles. The molecule has 1 aromatic carbocycles. The molecule has 0 saturated carbocycles. The van der Waals surface area contributed by atoms with Gasteiger partial charge in [0.05, 0.1) is 17.7 Å². The summed E-state index contributed by atoms with van der Waals surface area (Å²) in [6.07, 6.45) is 3.21. The van der Waals surface area contributed by atoms with E-state index >= 15 is 0 Å². The van der Waals surface area contributed by atoms with Gasteiger partial charge in [0.2, 0.25) is 0 Å². The number of likely N-dealkylation sites (tertiary alicyclic amines) is 1. The van der Waals surface area contributed by atoms with E-state index in [0.29, 0.717) is 12.1 Å². The lowest BCUT2D eigenvalue weighted by Crippen LogP contribution is -2.43. The Hall–Kier alpha value is -1.66. The Morgan fingerprint density at radius 2 is 2.22 bits per heavy atom. The number of hydrogen-bond acceptors (Lipinski definition) is 3. The first kappa shape index (κ1) is 12.8. The third-order valence-electron chi connectivity index (χ3n) is 3.59. The van der Waals surface area contributed by atoms with Gasteiger partial charge in [0, 0.05) is 6.54 Å². The van der Waals surface area contributed by atoms with Crippen LogP contribution in [0.5, 0.6) is 0 Å². The van der Waals surface area contributed by atoms with Crippen LogP contribution < -0.4 is 0 Å². The molecule has 1 heterocycles. The lowest BCUT2D eigenvalue weighted by atomic mass is 9.97. The van der Waals surface area contributed by atoms with Gasteiger partial charge < -0.3 is 0 Å². The van der Waals surface area contributed by atoms with Gasteiger partial charge in [-0.05, 0) is 37.9 Å². The van der Waals surface area contributed by atoms with Crippen LogP contribution in [0.4, 0.5) is 0 Å². The van der Waals surface area contributed by atoms with Crippen molar-refractivity contribution in [3.05, 3.63) is 35.4 Å². The first-order valence-electron chi connectivity index (χ1n) is 6.45. The molecule has 3 heteroatoms. The van der Waals surface area contributed by atoms with Gasteiger partial charge in [0.25, 0.3) is 0 Å². The highest BCUT2D eigenvalue weighted by Crippen LogP contribution is 2.21. The molecule has 0 spiro atoms. The van der Waals surface area contributed by atoms with Crippen molar-refractivity contribution < 1.29 is 4.79 Å². The number of rotatable bonds is 3. The monoisotopic (exact) mass is 242 g/mol. The van der Waals surface area contributed by atoms with E-state index in [1.807, 2.05) is 24.3 Å². The Bertz CT molecular complexity index is 476. The van der Waals surface area contributed by atoms with Gasteiger partial charge in [0.1, 0.15) is 5.78 Å². The zero-order chi connectivity index (χ0) is 13.0. The fourth-order valence-corrected chi connectivity index (χ4v) is 2.63. The molecule has 1 aromatic rings. The molecule has 0 aliphatic carbocycles. The summed E-state index contributed by atoms with van der Waals surface area (Å²) in [5, 5.41) is 9.09. The van der Waals surface area contributed by atoms with E-state index in [2.05, 4.69) is 11.0 Å². The van der Waals surface area contributed by atoms with E-state index in [1.54, 1.807) is 6.92 Å². The van der Waals surface area contributed by atoms with Crippen LogP contribution in [-0.2, 0) is 11.3 Å². The first-order valence-corrected chi connectivity index (χ1v) is 6.45. The van der Waals surface area contributed by atoms with Crippen molar-refractivity contribution in [3.8, 4) is 6.07 Å². The van der Waals surface area contributed by atoms with Gasteiger partial charge in [-0.3, -0.25) is 9.69 Å². The smallest absolute Gasteiger partial charge is 0.146 e. The molecule has 18 heavy (non-hydrogen) atoms. The molecule has 1 aliphatic rings. The highest BCUT2D eigenvalue weighted by molar-refractivity contribution is 5.81. The average Bonchev–Trinajstić information content (AvgIpc) is 2.40. The number of carbonyl (C=O) groups is 1. The maximum absolute atomic E-state index is 11.6. The highest BCUT2D eigenvalue weighted by atomic mass is 16.1. The van der Waals surface area contributed by atoms with Crippen molar-refractivity contribution in [2.24, 2.45) is 0 Å². The van der Waals surface area contributed by atoms with Crippen molar-refractivity contribution in [1.29, 1.82) is 5.26 Å². The number of ketones is 1. The topological polar surface area (TPSA) is 44.1 Å². The molecule has 0 bridgehead atoms. The molecular formula is C15H18N2O. The van der Waals surface area contributed by atoms with E-state index in [4.69, 9.17) is 5.26 Å². The first-order chi connectivity index (χ1) is 8.72. The van der Waals surface area contributed by atoms with E-state index in [1.165, 1.54) is 0 Å². The average molecular weight is 242 g/mol. The molecule has 3 nitrogen and oxygen atoms in total. The molecule has 1 atom stereocenters. The number of Topliss-reactive ketones (excluding diaryl/α,β-unsaturated/α-hetero) is 1. The number of hydrogen-bond donors (Lipinski definition) is 0. The fraction of sp³-hybridized carbons (Fsp3) is 0.467. The van der Waals surface area contributed by atoms with Crippen LogP contribution in [0.15, 0.2) is 24.3 Å². The maximum atomic E-state index is 11.6. The van der Waals surface area contributed by atoms with Gasteiger partial charge in [-0.15, -0.1) is 0 Å². The summed E-state index contributed by atoms with van der Waals surface area (Å²) in [5.74, 6) is 0.240. The molecule has 94 valence electrons. The third kappa shape index (κ3) is 2.77. The summed E-state index contributed by atoms with van der Waals surface area (Å²) < 4.78 is 0. The van der Waals surface area contributed by atoms with E-state index in [0.717, 1.165) is 31.4 Å². The van der Waals surface area contributed by atoms with Gasteiger partial charge in [-0.2, -0.15) is 5.26 Å². The Balaban J connectivity index is 2.16. The molecule has 0 amide bonds. The van der Waals surface area contributed by atoms with Crippen LogP contribution in [-0.4, -0.2) is 23.3 Å². The molecule has 0 aromatic heterocycles. The molecule has 2 rings (SSSR count). The summed E-state index contributed by atoms with van der Waals surface area (Å²) >= 11 is 0. The predicted octanol–water partition coefficient (Wildman–Crippen LogP) is 2.50. The van der Waals surface area contributed by atoms with E-state index in [9.17, 15) is 4.79 Å². The summed E-state index contributed by atoms with van der Waals surface area (Å²) in [6, 6.07) is 9.89. The molecule has 1 saturated heterocycles. The maximum Gasteiger partial charge on any atom is 0.146 e. The van der Waals surface area contributed by atoms with Crippen molar-refractivity contribution in [3.63, 3.8) is 0 Å². The minimum absolute atomic E-state index is 0.0329. The second kappa shape index (κ2) is 5.79. The molecule has 0 N–H and O–H groups in total. The quantitative estimate of drug-likeness (QED) is 0.818. The largest absolute Gasteiger partial charge is 0.298 e. The summed E-state index contributed by atoms with van der Waals surface area (Å²) in [7, 11) is 0. The van der Waals surface area contributed by atoms with E-state index < -0.39 is 0 Å². The van der Waals surface area contributed by atoms with Gasteiger partial charge in [-0.25, -0.2) is 0 Å². The molecular weight excluding hydrogens is 224 g/mol. The summed E-state index contributed by atoms with van der Waals surface area (Å²) in [5.41, 5.74) is 1.73. The van der Waals surface area contributed by atoms with Gasteiger partial charge in [-0.1, -0.05) is 24.6 Å². The molecule has 1 unspecified atom stereocenters. The Morgan fingerprint density at radius 3 is 2.94 bits per heavy atom. The van der Waals surface area contributed by atoms with Crippen LogP contribution >= 0.6 is 0 Å². The second-order valence-corrected chi connectivity index (χ2v) is 4.86. The lowest BCUT2D eigenvalue weighted by Gasteiger charge is -2.34. The van der Waals surface area contributed by atoms with Gasteiger partial charge in [0.15, 0.2) is 0 Å². The van der Waals surface area contributed by atoms with Crippen LogP contribution in [0.25, 0.3) is 0 Å². The summed E-state index contributed by atoms with van der Waals surface area (Å²) in [6.45, 7) is 3.32. The standard InChI is InChI=1S/C15H18N2O/c1-12(18)15-8-4-5-9-17(15)11-14-7-3-2-6-13(14)10-16/h2-3,6-7,15H,4-5,8-9,11H2,1H3.